The van der Waals surface area contributed by atoms with E-state index >= 15 is 0 Å². The van der Waals surface area contributed by atoms with Crippen LogP contribution in [0.2, 0.25) is 0 Å². The SMILES string of the molecule is CCN(CC(C)C#N)C(=O)C1CNC1. The van der Waals surface area contributed by atoms with E-state index in [-0.39, 0.29) is 17.7 Å². The molecule has 0 radical (unpaired) electrons. The number of amides is 1. The molecule has 0 aromatic heterocycles. The van der Waals surface area contributed by atoms with Gasteiger partial charge in [-0.15, -0.1) is 0 Å². The number of nitrogens with one attached hydrogen (secondary N) is 1. The fourth-order valence-corrected chi connectivity index (χ4v) is 1.47. The van der Waals surface area contributed by atoms with E-state index in [2.05, 4.69) is 11.4 Å². The molecule has 1 aliphatic heterocycles. The minimum atomic E-state index is -0.0769. The van der Waals surface area contributed by atoms with Crippen molar-refractivity contribution in [3.63, 3.8) is 0 Å². The molecule has 0 aromatic carbocycles. The van der Waals surface area contributed by atoms with E-state index in [0.29, 0.717) is 13.1 Å². The maximum Gasteiger partial charge on any atom is 0.228 e. The van der Waals surface area contributed by atoms with Gasteiger partial charge in [-0.25, -0.2) is 0 Å². The first-order valence-electron chi connectivity index (χ1n) is 5.08. The van der Waals surface area contributed by atoms with Crippen molar-refractivity contribution in [2.75, 3.05) is 26.2 Å². The van der Waals surface area contributed by atoms with Gasteiger partial charge in [-0.2, -0.15) is 5.26 Å². The highest BCUT2D eigenvalue weighted by Gasteiger charge is 2.28. The van der Waals surface area contributed by atoms with Gasteiger partial charge < -0.3 is 10.2 Å². The normalized spacial score (nSPS) is 18.1. The monoisotopic (exact) mass is 195 g/mol. The Balaban J connectivity index is 2.44. The second-order valence-corrected chi connectivity index (χ2v) is 3.76. The summed E-state index contributed by atoms with van der Waals surface area (Å²) < 4.78 is 0. The Bertz CT molecular complexity index is 242. The van der Waals surface area contributed by atoms with Crippen LogP contribution in [0.1, 0.15) is 13.8 Å². The fraction of sp³-hybridized carbons (Fsp3) is 0.800. The lowest BCUT2D eigenvalue weighted by Crippen LogP contribution is -2.52. The number of hydrogen-bond donors (Lipinski definition) is 1. The Morgan fingerprint density at radius 2 is 2.36 bits per heavy atom. The van der Waals surface area contributed by atoms with Crippen LogP contribution < -0.4 is 5.32 Å². The van der Waals surface area contributed by atoms with Gasteiger partial charge in [-0.05, 0) is 13.8 Å². The summed E-state index contributed by atoms with van der Waals surface area (Å²) in [5.41, 5.74) is 0. The lowest BCUT2D eigenvalue weighted by molar-refractivity contribution is -0.137. The van der Waals surface area contributed by atoms with Gasteiger partial charge in [0.25, 0.3) is 0 Å². The predicted molar refractivity (Wildman–Crippen MR) is 53.4 cm³/mol. The molecule has 1 atom stereocenters. The predicted octanol–water partition coefficient (Wildman–Crippen LogP) is 0.214. The quantitative estimate of drug-likeness (QED) is 0.698. The van der Waals surface area contributed by atoms with Gasteiger partial charge in [0, 0.05) is 26.2 Å². The standard InChI is InChI=1S/C10H17N3O/c1-3-13(7-8(2)4-11)10(14)9-5-12-6-9/h8-9,12H,3,5-7H2,1-2H3. The number of carbonyl (C=O) groups is 1. The maximum absolute atomic E-state index is 11.8. The van der Waals surface area contributed by atoms with Crippen molar-refractivity contribution in [2.24, 2.45) is 11.8 Å². The van der Waals surface area contributed by atoms with E-state index in [1.165, 1.54) is 0 Å². The molecule has 4 heteroatoms. The Morgan fingerprint density at radius 3 is 2.71 bits per heavy atom. The zero-order valence-corrected chi connectivity index (χ0v) is 8.79. The van der Waals surface area contributed by atoms with Crippen LogP contribution in [0.4, 0.5) is 0 Å². The van der Waals surface area contributed by atoms with Crippen molar-refractivity contribution in [1.29, 1.82) is 5.26 Å². The van der Waals surface area contributed by atoms with Crippen LogP contribution >= 0.6 is 0 Å². The van der Waals surface area contributed by atoms with Crippen molar-refractivity contribution in [3.05, 3.63) is 0 Å². The van der Waals surface area contributed by atoms with Crippen molar-refractivity contribution in [3.8, 4) is 6.07 Å². The molecule has 1 N–H and O–H groups in total. The molecule has 78 valence electrons. The number of hydrogen-bond acceptors (Lipinski definition) is 3. The average molecular weight is 195 g/mol. The molecule has 0 spiro atoms. The Labute approximate surface area is 84.9 Å². The third-order valence-corrected chi connectivity index (χ3v) is 2.54. The van der Waals surface area contributed by atoms with Crippen molar-refractivity contribution in [1.82, 2.24) is 10.2 Å². The molecule has 1 rings (SSSR count). The molecule has 1 heterocycles. The summed E-state index contributed by atoms with van der Waals surface area (Å²) in [6.07, 6.45) is 0. The summed E-state index contributed by atoms with van der Waals surface area (Å²) in [6.45, 7) is 6.62. The zero-order valence-electron chi connectivity index (χ0n) is 8.79. The lowest BCUT2D eigenvalue weighted by Gasteiger charge is -2.32. The summed E-state index contributed by atoms with van der Waals surface area (Å²) in [5.74, 6) is 0.251. The van der Waals surface area contributed by atoms with E-state index in [1.54, 1.807) is 4.90 Å². The van der Waals surface area contributed by atoms with Crippen LogP contribution in [0.25, 0.3) is 0 Å². The lowest BCUT2D eigenvalue weighted by atomic mass is 10.0. The first-order chi connectivity index (χ1) is 6.69. The molecule has 0 bridgehead atoms. The van der Waals surface area contributed by atoms with Crippen LogP contribution in [-0.4, -0.2) is 37.0 Å². The van der Waals surface area contributed by atoms with E-state index < -0.39 is 0 Å². The van der Waals surface area contributed by atoms with Gasteiger partial charge in [0.05, 0.1) is 17.9 Å². The molecule has 1 amide bonds. The molecule has 0 aromatic rings. The average Bonchev–Trinajstić information content (AvgIpc) is 2.10. The van der Waals surface area contributed by atoms with Gasteiger partial charge in [0.2, 0.25) is 5.91 Å². The van der Waals surface area contributed by atoms with Crippen LogP contribution in [0.5, 0.6) is 0 Å². The third-order valence-electron chi connectivity index (χ3n) is 2.54. The second kappa shape index (κ2) is 4.97. The maximum atomic E-state index is 11.8. The largest absolute Gasteiger partial charge is 0.341 e. The van der Waals surface area contributed by atoms with Gasteiger partial charge in [0.15, 0.2) is 0 Å². The van der Waals surface area contributed by atoms with Crippen LogP contribution in [0, 0.1) is 23.2 Å². The molecule has 1 fully saturated rings. The minimum Gasteiger partial charge on any atom is -0.341 e. The van der Waals surface area contributed by atoms with E-state index in [4.69, 9.17) is 5.26 Å². The second-order valence-electron chi connectivity index (χ2n) is 3.76. The third kappa shape index (κ3) is 2.46. The minimum absolute atomic E-state index is 0.0769. The van der Waals surface area contributed by atoms with Crippen LogP contribution in [0.3, 0.4) is 0 Å². The highest BCUT2D eigenvalue weighted by molar-refractivity contribution is 5.80. The summed E-state index contributed by atoms with van der Waals surface area (Å²) in [4.78, 5) is 13.6. The summed E-state index contributed by atoms with van der Waals surface area (Å²) >= 11 is 0. The smallest absolute Gasteiger partial charge is 0.228 e. The molecular formula is C10H17N3O. The highest BCUT2D eigenvalue weighted by Crippen LogP contribution is 2.09. The Kier molecular flexibility index (Phi) is 3.90. The topological polar surface area (TPSA) is 56.1 Å². The first kappa shape index (κ1) is 11.0. The summed E-state index contributed by atoms with van der Waals surface area (Å²) in [6, 6.07) is 2.15. The molecular weight excluding hydrogens is 178 g/mol. The Hall–Kier alpha value is -1.08. The molecule has 4 nitrogen and oxygen atoms in total. The van der Waals surface area contributed by atoms with Crippen LogP contribution in [0.15, 0.2) is 0 Å². The fourth-order valence-electron chi connectivity index (χ4n) is 1.47. The first-order valence-corrected chi connectivity index (χ1v) is 5.08. The van der Waals surface area contributed by atoms with E-state index in [9.17, 15) is 4.79 Å². The summed E-state index contributed by atoms with van der Waals surface area (Å²) in [7, 11) is 0. The van der Waals surface area contributed by atoms with Gasteiger partial charge in [0.1, 0.15) is 0 Å². The van der Waals surface area contributed by atoms with E-state index in [1.807, 2.05) is 13.8 Å². The number of nitrogens with zero attached hydrogens (tertiary/aromatic N) is 2. The van der Waals surface area contributed by atoms with Gasteiger partial charge in [-0.3, -0.25) is 4.79 Å². The molecule has 1 aliphatic rings. The highest BCUT2D eigenvalue weighted by atomic mass is 16.2. The van der Waals surface area contributed by atoms with Gasteiger partial charge >= 0.3 is 0 Å². The van der Waals surface area contributed by atoms with Crippen molar-refractivity contribution in [2.45, 2.75) is 13.8 Å². The summed E-state index contributed by atoms with van der Waals surface area (Å²) in [5, 5.41) is 11.7. The number of rotatable bonds is 4. The zero-order chi connectivity index (χ0) is 10.6. The van der Waals surface area contributed by atoms with E-state index in [0.717, 1.165) is 13.1 Å². The Morgan fingerprint density at radius 1 is 1.71 bits per heavy atom. The molecule has 1 unspecified atom stereocenters. The van der Waals surface area contributed by atoms with Gasteiger partial charge in [-0.1, -0.05) is 0 Å². The van der Waals surface area contributed by atoms with Crippen molar-refractivity contribution >= 4 is 5.91 Å². The molecule has 1 saturated heterocycles. The molecule has 0 saturated carbocycles. The number of carbonyl (C=O) groups excluding carboxylic acids is 1. The molecule has 0 aliphatic carbocycles. The molecule has 14 heavy (non-hydrogen) atoms. The van der Waals surface area contributed by atoms with Crippen LogP contribution in [-0.2, 0) is 4.79 Å². The van der Waals surface area contributed by atoms with Crippen molar-refractivity contribution < 1.29 is 4.79 Å². The number of nitriles is 1.